The summed E-state index contributed by atoms with van der Waals surface area (Å²) in [6, 6.07) is 19.1. The van der Waals surface area contributed by atoms with Crippen molar-refractivity contribution in [1.82, 2.24) is 14.1 Å². The highest BCUT2D eigenvalue weighted by molar-refractivity contribution is 6.31. The van der Waals surface area contributed by atoms with Gasteiger partial charge in [0.1, 0.15) is 16.4 Å². The molecule has 5 aromatic rings. The molecule has 2 N–H and O–H groups in total. The average Bonchev–Trinajstić information content (AvgIpc) is 3.21. The molecule has 5 rings (SSSR count). The lowest BCUT2D eigenvalue weighted by atomic mass is 10.0. The lowest BCUT2D eigenvalue weighted by molar-refractivity contribution is 0.374. The SMILES string of the molecule is COc1cccc(-n2c(=O)[nH]c3cc(Cl)n(-c4ccc(-c5cccc(OC)c5O)cc4)c3c2=O)c1C. The highest BCUT2D eigenvalue weighted by Crippen LogP contribution is 2.37. The van der Waals surface area contributed by atoms with E-state index in [4.69, 9.17) is 21.1 Å². The molecule has 0 radical (unpaired) electrons. The summed E-state index contributed by atoms with van der Waals surface area (Å²) < 4.78 is 13.2. The number of fused-ring (bicyclic) bond motifs is 1. The van der Waals surface area contributed by atoms with Gasteiger partial charge in [-0.05, 0) is 48.9 Å². The van der Waals surface area contributed by atoms with Crippen LogP contribution in [-0.4, -0.2) is 33.4 Å². The number of nitrogens with zero attached hydrogens (tertiary/aromatic N) is 2. The molecule has 0 atom stereocenters. The number of phenols is 1. The van der Waals surface area contributed by atoms with Gasteiger partial charge in [-0.15, -0.1) is 0 Å². The van der Waals surface area contributed by atoms with Crippen LogP contribution < -0.4 is 20.7 Å². The molecular weight excluding hydrogens is 482 g/mol. The Morgan fingerprint density at radius 1 is 0.889 bits per heavy atom. The van der Waals surface area contributed by atoms with Crippen LogP contribution in [0.2, 0.25) is 5.15 Å². The van der Waals surface area contributed by atoms with Gasteiger partial charge in [0, 0.05) is 16.8 Å². The minimum atomic E-state index is -0.582. The molecule has 9 heteroatoms. The Labute approximate surface area is 210 Å². The van der Waals surface area contributed by atoms with Crippen molar-refractivity contribution in [3.63, 3.8) is 0 Å². The van der Waals surface area contributed by atoms with Gasteiger partial charge in [0.05, 0.1) is 25.4 Å². The molecule has 0 amide bonds. The maximum atomic E-state index is 13.7. The molecule has 8 nitrogen and oxygen atoms in total. The third-order valence-corrected chi connectivity index (χ3v) is 6.46. The highest BCUT2D eigenvalue weighted by Gasteiger charge is 2.19. The number of methoxy groups -OCH3 is 2. The number of hydrogen-bond donors (Lipinski definition) is 2. The molecule has 2 heterocycles. The highest BCUT2D eigenvalue weighted by atomic mass is 35.5. The van der Waals surface area contributed by atoms with E-state index >= 15 is 0 Å². The third-order valence-electron chi connectivity index (χ3n) is 6.18. The summed E-state index contributed by atoms with van der Waals surface area (Å²) in [6.07, 6.45) is 0. The van der Waals surface area contributed by atoms with Gasteiger partial charge in [-0.3, -0.25) is 9.36 Å². The van der Waals surface area contributed by atoms with Crippen LogP contribution in [0.5, 0.6) is 17.2 Å². The number of halogens is 1. The van der Waals surface area contributed by atoms with Crippen LogP contribution in [0.3, 0.4) is 0 Å². The van der Waals surface area contributed by atoms with Gasteiger partial charge >= 0.3 is 5.69 Å². The second kappa shape index (κ2) is 8.98. The fourth-order valence-electron chi connectivity index (χ4n) is 4.40. The number of rotatable bonds is 5. The minimum absolute atomic E-state index is 0.0336. The van der Waals surface area contributed by atoms with E-state index in [2.05, 4.69) is 4.98 Å². The van der Waals surface area contributed by atoms with Crippen LogP contribution in [0, 0.1) is 6.92 Å². The van der Waals surface area contributed by atoms with E-state index in [0.29, 0.717) is 39.5 Å². The molecule has 36 heavy (non-hydrogen) atoms. The van der Waals surface area contributed by atoms with Crippen LogP contribution >= 0.6 is 11.6 Å². The van der Waals surface area contributed by atoms with Crippen molar-refractivity contribution >= 4 is 22.6 Å². The molecule has 0 saturated carbocycles. The van der Waals surface area contributed by atoms with Crippen molar-refractivity contribution in [2.24, 2.45) is 0 Å². The van der Waals surface area contributed by atoms with Gasteiger partial charge < -0.3 is 19.6 Å². The van der Waals surface area contributed by atoms with Gasteiger partial charge in [-0.25, -0.2) is 9.36 Å². The van der Waals surface area contributed by atoms with Crippen molar-refractivity contribution in [2.45, 2.75) is 6.92 Å². The molecule has 0 bridgehead atoms. The predicted molar refractivity (Wildman–Crippen MR) is 139 cm³/mol. The number of H-pyrrole nitrogens is 1. The van der Waals surface area contributed by atoms with Gasteiger partial charge in [0.15, 0.2) is 11.5 Å². The number of phenolic OH excluding ortho intramolecular Hbond substituents is 1. The van der Waals surface area contributed by atoms with Crippen LogP contribution in [0.1, 0.15) is 5.56 Å². The third kappa shape index (κ3) is 3.63. The quantitative estimate of drug-likeness (QED) is 0.358. The molecule has 0 saturated heterocycles. The summed E-state index contributed by atoms with van der Waals surface area (Å²) in [5.41, 5.74) is 2.46. The zero-order valence-corrected chi connectivity index (χ0v) is 20.5. The van der Waals surface area contributed by atoms with Crippen LogP contribution in [0.15, 0.2) is 76.3 Å². The molecule has 182 valence electrons. The second-order valence-electron chi connectivity index (χ2n) is 8.14. The topological polar surface area (TPSA) is 98.5 Å². The van der Waals surface area contributed by atoms with E-state index in [-0.39, 0.29) is 16.4 Å². The van der Waals surface area contributed by atoms with E-state index < -0.39 is 11.2 Å². The number of ether oxygens (including phenoxy) is 2. The number of aromatic nitrogens is 3. The van der Waals surface area contributed by atoms with Crippen molar-refractivity contribution in [3.8, 4) is 39.8 Å². The first kappa shape index (κ1) is 23.3. The number of hydrogen-bond acceptors (Lipinski definition) is 5. The smallest absolute Gasteiger partial charge is 0.333 e. The van der Waals surface area contributed by atoms with E-state index in [0.717, 1.165) is 10.1 Å². The molecule has 0 fully saturated rings. The molecule has 2 aromatic heterocycles. The largest absolute Gasteiger partial charge is 0.504 e. The minimum Gasteiger partial charge on any atom is -0.504 e. The number of para-hydroxylation sites is 1. The predicted octanol–water partition coefficient (Wildman–Crippen LogP) is 4.82. The summed E-state index contributed by atoms with van der Waals surface area (Å²) in [6.45, 7) is 1.78. The number of aromatic amines is 1. The van der Waals surface area contributed by atoms with E-state index in [9.17, 15) is 14.7 Å². The van der Waals surface area contributed by atoms with Gasteiger partial charge in [0.25, 0.3) is 5.56 Å². The summed E-state index contributed by atoms with van der Waals surface area (Å²) in [5.74, 6) is 0.961. The van der Waals surface area contributed by atoms with E-state index in [1.807, 2.05) is 12.1 Å². The Morgan fingerprint density at radius 3 is 2.25 bits per heavy atom. The number of benzene rings is 3. The lowest BCUT2D eigenvalue weighted by Crippen LogP contribution is -2.34. The Kier molecular flexibility index (Phi) is 5.81. The first-order valence-electron chi connectivity index (χ1n) is 11.0. The Morgan fingerprint density at radius 2 is 1.56 bits per heavy atom. The first-order chi connectivity index (χ1) is 17.3. The van der Waals surface area contributed by atoms with Crippen molar-refractivity contribution < 1.29 is 14.6 Å². The first-order valence-corrected chi connectivity index (χ1v) is 11.4. The fourth-order valence-corrected chi connectivity index (χ4v) is 4.69. The summed E-state index contributed by atoms with van der Waals surface area (Å²) in [5, 5.41) is 10.8. The molecule has 0 unspecified atom stereocenters. The standard InChI is InChI=1S/C27H22ClN3O5/c1-15-20(7-5-8-21(15)35-2)31-26(33)24-19(29-27(31)34)14-23(28)30(24)17-12-10-16(11-13-17)18-6-4-9-22(36-3)25(18)32/h4-14,32H,1-3H3,(H,29,34). The Balaban J connectivity index is 1.69. The van der Waals surface area contributed by atoms with Gasteiger partial charge in [-0.2, -0.15) is 0 Å². The van der Waals surface area contributed by atoms with Crippen LogP contribution in [-0.2, 0) is 0 Å². The maximum Gasteiger partial charge on any atom is 0.333 e. The van der Waals surface area contributed by atoms with Crippen LogP contribution in [0.4, 0.5) is 0 Å². The van der Waals surface area contributed by atoms with E-state index in [1.165, 1.54) is 14.2 Å². The van der Waals surface area contributed by atoms with Crippen molar-refractivity contribution in [1.29, 1.82) is 0 Å². The molecule has 0 aliphatic rings. The molecule has 3 aromatic carbocycles. The second-order valence-corrected chi connectivity index (χ2v) is 8.53. The van der Waals surface area contributed by atoms with E-state index in [1.54, 1.807) is 66.1 Å². The fraction of sp³-hybridized carbons (Fsp3) is 0.111. The molecule has 0 spiro atoms. The normalized spacial score (nSPS) is 11.1. The maximum absolute atomic E-state index is 13.7. The van der Waals surface area contributed by atoms with Gasteiger partial charge in [-0.1, -0.05) is 41.9 Å². The number of aromatic hydroxyl groups is 1. The summed E-state index contributed by atoms with van der Waals surface area (Å²) in [4.78, 5) is 29.4. The van der Waals surface area contributed by atoms with Crippen LogP contribution in [0.25, 0.3) is 33.5 Å². The zero-order valence-electron chi connectivity index (χ0n) is 19.7. The zero-order chi connectivity index (χ0) is 25.6. The summed E-state index contributed by atoms with van der Waals surface area (Å²) in [7, 11) is 3.02. The lowest BCUT2D eigenvalue weighted by Gasteiger charge is -2.13. The van der Waals surface area contributed by atoms with Crippen molar-refractivity contribution in [2.75, 3.05) is 14.2 Å². The molecular formula is C27H22ClN3O5. The molecule has 0 aliphatic carbocycles. The van der Waals surface area contributed by atoms with Crippen molar-refractivity contribution in [3.05, 3.63) is 98.3 Å². The monoisotopic (exact) mass is 503 g/mol. The molecule has 0 aliphatic heterocycles. The van der Waals surface area contributed by atoms with Gasteiger partial charge in [0.2, 0.25) is 0 Å². The number of nitrogens with one attached hydrogen (secondary N) is 1. The average molecular weight is 504 g/mol. The summed E-state index contributed by atoms with van der Waals surface area (Å²) >= 11 is 6.54. The Hall–Kier alpha value is -4.43. The Bertz CT molecular complexity index is 1730.